The molecule has 6 nitrogen and oxygen atoms in total. The van der Waals surface area contributed by atoms with Gasteiger partial charge in [0.15, 0.2) is 6.23 Å². The van der Waals surface area contributed by atoms with Gasteiger partial charge in [-0.2, -0.15) is 9.78 Å². The molecular weight excluding hydrogens is 372 g/mol. The number of benzene rings is 2. The van der Waals surface area contributed by atoms with Crippen LogP contribution in [0.25, 0.3) is 5.69 Å². The van der Waals surface area contributed by atoms with Crippen LogP contribution in [0.2, 0.25) is 10.0 Å². The van der Waals surface area contributed by atoms with E-state index in [-0.39, 0.29) is 21.3 Å². The largest absolute Gasteiger partial charge is 0.369 e. The summed E-state index contributed by atoms with van der Waals surface area (Å²) in [7, 11) is 0. The Morgan fingerprint density at radius 2 is 1.64 bits per heavy atom. The molecule has 1 N–H and O–H groups in total. The van der Waals surface area contributed by atoms with Crippen molar-refractivity contribution in [2.24, 2.45) is 0 Å². The van der Waals surface area contributed by atoms with E-state index in [0.717, 1.165) is 23.0 Å². The molecule has 128 valence electrons. The van der Waals surface area contributed by atoms with Crippen molar-refractivity contribution in [1.29, 1.82) is 0 Å². The van der Waals surface area contributed by atoms with Crippen LogP contribution in [0.3, 0.4) is 0 Å². The molecule has 3 rings (SSSR count). The van der Waals surface area contributed by atoms with Crippen LogP contribution in [0.5, 0.6) is 0 Å². The molecule has 3 aromatic rings. The van der Waals surface area contributed by atoms with Gasteiger partial charge in [0.2, 0.25) is 0 Å². The highest BCUT2D eigenvalue weighted by Crippen LogP contribution is 2.20. The van der Waals surface area contributed by atoms with E-state index in [0.29, 0.717) is 4.57 Å². The molecule has 9 heteroatoms. The van der Waals surface area contributed by atoms with Crippen LogP contribution in [-0.2, 0) is 0 Å². The van der Waals surface area contributed by atoms with Gasteiger partial charge in [-0.05, 0) is 30.3 Å². The number of aromatic nitrogens is 3. The second-order valence-electron chi connectivity index (χ2n) is 5.10. The van der Waals surface area contributed by atoms with Crippen LogP contribution in [-0.4, -0.2) is 19.5 Å². The van der Waals surface area contributed by atoms with Crippen molar-refractivity contribution in [2.75, 3.05) is 0 Å². The Morgan fingerprint density at radius 3 is 2.24 bits per heavy atom. The summed E-state index contributed by atoms with van der Waals surface area (Å²) < 4.78 is 14.5. The van der Waals surface area contributed by atoms with Gasteiger partial charge in [-0.1, -0.05) is 35.3 Å². The number of aliphatic hydroxyl groups is 1. The van der Waals surface area contributed by atoms with Gasteiger partial charge in [0, 0.05) is 15.6 Å². The van der Waals surface area contributed by atoms with Crippen molar-refractivity contribution >= 4 is 23.2 Å². The SMILES string of the molecule is O=c1cnn(-c2cc(Cl)cc(Cl)c2)c(=O)n1C(O)c1ccc(F)cc1. The fourth-order valence-electron chi connectivity index (χ4n) is 2.26. The first-order valence-corrected chi connectivity index (χ1v) is 7.73. The van der Waals surface area contributed by atoms with Gasteiger partial charge in [-0.15, -0.1) is 0 Å². The summed E-state index contributed by atoms with van der Waals surface area (Å²) in [6.45, 7) is 0. The van der Waals surface area contributed by atoms with Crippen molar-refractivity contribution in [2.45, 2.75) is 6.23 Å². The molecule has 0 saturated heterocycles. The summed E-state index contributed by atoms with van der Waals surface area (Å²) in [6.07, 6.45) is -0.729. The first-order valence-electron chi connectivity index (χ1n) is 6.97. The van der Waals surface area contributed by atoms with E-state index in [9.17, 15) is 19.1 Å². The van der Waals surface area contributed by atoms with Crippen molar-refractivity contribution in [3.63, 3.8) is 0 Å². The Balaban J connectivity index is 2.17. The quantitative estimate of drug-likeness (QED) is 0.755. The minimum absolute atomic E-state index is 0.169. The number of nitrogens with zero attached hydrogens (tertiary/aromatic N) is 3. The maximum Gasteiger partial charge on any atom is 0.354 e. The fourth-order valence-corrected chi connectivity index (χ4v) is 2.78. The number of aliphatic hydroxyl groups excluding tert-OH is 1. The highest BCUT2D eigenvalue weighted by atomic mass is 35.5. The third kappa shape index (κ3) is 3.48. The number of hydrogen-bond donors (Lipinski definition) is 1. The van der Waals surface area contributed by atoms with E-state index in [1.807, 2.05) is 0 Å². The van der Waals surface area contributed by atoms with Crippen LogP contribution in [0.1, 0.15) is 11.8 Å². The van der Waals surface area contributed by atoms with Crippen molar-refractivity contribution in [3.05, 3.63) is 90.9 Å². The monoisotopic (exact) mass is 381 g/mol. The molecule has 1 aromatic heterocycles. The summed E-state index contributed by atoms with van der Waals surface area (Å²) in [4.78, 5) is 24.7. The summed E-state index contributed by atoms with van der Waals surface area (Å²) in [5.41, 5.74) is -1.32. The zero-order valence-corrected chi connectivity index (χ0v) is 13.9. The summed E-state index contributed by atoms with van der Waals surface area (Å²) in [5.74, 6) is -0.510. The number of rotatable bonds is 3. The van der Waals surface area contributed by atoms with Crippen LogP contribution in [0, 0.1) is 5.82 Å². The average Bonchev–Trinajstić information content (AvgIpc) is 2.54. The van der Waals surface area contributed by atoms with Gasteiger partial charge in [-0.25, -0.2) is 13.8 Å². The van der Waals surface area contributed by atoms with Crippen molar-refractivity contribution in [3.8, 4) is 5.69 Å². The highest BCUT2D eigenvalue weighted by Gasteiger charge is 2.18. The highest BCUT2D eigenvalue weighted by molar-refractivity contribution is 6.34. The molecule has 0 saturated carbocycles. The molecule has 0 bridgehead atoms. The lowest BCUT2D eigenvalue weighted by Crippen LogP contribution is -2.42. The first kappa shape index (κ1) is 17.3. The molecule has 0 amide bonds. The van der Waals surface area contributed by atoms with Crippen molar-refractivity contribution in [1.82, 2.24) is 14.3 Å². The second kappa shape index (κ2) is 6.79. The second-order valence-corrected chi connectivity index (χ2v) is 5.97. The molecule has 0 spiro atoms. The summed E-state index contributed by atoms with van der Waals surface area (Å²) in [6, 6.07) is 9.10. The zero-order valence-electron chi connectivity index (χ0n) is 12.4. The average molecular weight is 382 g/mol. The lowest BCUT2D eigenvalue weighted by molar-refractivity contribution is 0.134. The summed E-state index contributed by atoms with van der Waals surface area (Å²) in [5, 5.41) is 14.7. The van der Waals surface area contributed by atoms with Crippen molar-refractivity contribution < 1.29 is 9.50 Å². The molecule has 1 unspecified atom stereocenters. The maximum atomic E-state index is 13.0. The van der Waals surface area contributed by atoms with Gasteiger partial charge >= 0.3 is 5.69 Å². The number of halogens is 3. The topological polar surface area (TPSA) is 77.1 Å². The molecule has 0 aliphatic carbocycles. The Bertz CT molecular complexity index is 1030. The van der Waals surface area contributed by atoms with E-state index in [4.69, 9.17) is 23.2 Å². The predicted octanol–water partition coefficient (Wildman–Crippen LogP) is 2.38. The van der Waals surface area contributed by atoms with Crippen LogP contribution in [0.15, 0.2) is 58.3 Å². The van der Waals surface area contributed by atoms with Gasteiger partial charge in [0.25, 0.3) is 5.56 Å². The lowest BCUT2D eigenvalue weighted by Gasteiger charge is -2.15. The van der Waals surface area contributed by atoms with E-state index >= 15 is 0 Å². The molecule has 0 fully saturated rings. The van der Waals surface area contributed by atoms with E-state index in [1.54, 1.807) is 0 Å². The fraction of sp³-hybridized carbons (Fsp3) is 0.0625. The Kier molecular flexibility index (Phi) is 4.71. The van der Waals surface area contributed by atoms with Gasteiger partial charge in [0.1, 0.15) is 12.0 Å². The molecule has 2 aromatic carbocycles. The first-order chi connectivity index (χ1) is 11.9. The maximum absolute atomic E-state index is 13.0. The Morgan fingerprint density at radius 1 is 1.04 bits per heavy atom. The normalized spacial score (nSPS) is 12.2. The van der Waals surface area contributed by atoms with Gasteiger partial charge in [-0.3, -0.25) is 4.79 Å². The standard InChI is InChI=1S/C16H10Cl2FN3O3/c17-10-5-11(18)7-13(6-10)22-16(25)21(14(23)8-20-22)15(24)9-1-3-12(19)4-2-9/h1-8,15,24H. The molecule has 1 heterocycles. The molecular formula is C16H10Cl2FN3O3. The third-order valence-electron chi connectivity index (χ3n) is 3.41. The van der Waals surface area contributed by atoms with E-state index < -0.39 is 23.3 Å². The minimum Gasteiger partial charge on any atom is -0.369 e. The van der Waals surface area contributed by atoms with Gasteiger partial charge < -0.3 is 5.11 Å². The van der Waals surface area contributed by atoms with E-state index in [2.05, 4.69) is 5.10 Å². The molecule has 25 heavy (non-hydrogen) atoms. The van der Waals surface area contributed by atoms with Crippen LogP contribution in [0.4, 0.5) is 4.39 Å². The minimum atomic E-state index is -1.61. The third-order valence-corrected chi connectivity index (χ3v) is 3.85. The summed E-state index contributed by atoms with van der Waals surface area (Å²) >= 11 is 11.8. The molecule has 1 atom stereocenters. The smallest absolute Gasteiger partial charge is 0.354 e. The molecule has 0 radical (unpaired) electrons. The van der Waals surface area contributed by atoms with Gasteiger partial charge in [0.05, 0.1) is 5.69 Å². The zero-order chi connectivity index (χ0) is 18.1. The van der Waals surface area contributed by atoms with Crippen LogP contribution >= 0.6 is 23.2 Å². The Labute approximate surface area is 150 Å². The number of hydrogen-bond acceptors (Lipinski definition) is 4. The predicted molar refractivity (Wildman–Crippen MR) is 90.9 cm³/mol. The molecule has 0 aliphatic heterocycles. The lowest BCUT2D eigenvalue weighted by atomic mass is 10.2. The Hall–Kier alpha value is -2.48. The van der Waals surface area contributed by atoms with E-state index in [1.165, 1.54) is 30.3 Å². The van der Waals surface area contributed by atoms with Crippen LogP contribution < -0.4 is 11.2 Å². The molecule has 0 aliphatic rings.